The van der Waals surface area contributed by atoms with Gasteiger partial charge < -0.3 is 10.1 Å². The van der Waals surface area contributed by atoms with Gasteiger partial charge in [-0.2, -0.15) is 0 Å². The zero-order valence-electron chi connectivity index (χ0n) is 16.2. The smallest absolute Gasteiger partial charge is 0.333 e. The van der Waals surface area contributed by atoms with Gasteiger partial charge in [0, 0.05) is 15.6 Å². The molecule has 3 aromatic carbocycles. The third kappa shape index (κ3) is 4.86. The zero-order chi connectivity index (χ0) is 22.8. The monoisotopic (exact) mass is 594 g/mol. The summed E-state index contributed by atoms with van der Waals surface area (Å²) in [4.78, 5) is 26.3. The highest BCUT2D eigenvalue weighted by Crippen LogP contribution is 2.36. The number of urea groups is 1. The Hall–Kier alpha value is -2.32. The fourth-order valence-electron chi connectivity index (χ4n) is 3.12. The van der Waals surface area contributed by atoms with Crippen molar-refractivity contribution < 1.29 is 14.3 Å². The number of anilines is 1. The number of halogens is 4. The average Bonchev–Trinajstić information content (AvgIpc) is 3.01. The van der Waals surface area contributed by atoms with E-state index in [-0.39, 0.29) is 5.70 Å². The van der Waals surface area contributed by atoms with Gasteiger partial charge in [0.1, 0.15) is 18.1 Å². The van der Waals surface area contributed by atoms with E-state index in [9.17, 15) is 9.59 Å². The third-order valence-corrected chi connectivity index (χ3v) is 6.39. The van der Waals surface area contributed by atoms with Crippen molar-refractivity contribution in [2.75, 3.05) is 4.90 Å². The fourth-order valence-corrected chi connectivity index (χ4v) is 4.94. The van der Waals surface area contributed by atoms with Crippen molar-refractivity contribution in [1.29, 1.82) is 0 Å². The molecule has 9 heteroatoms. The van der Waals surface area contributed by atoms with Crippen molar-refractivity contribution in [3.63, 3.8) is 0 Å². The summed E-state index contributed by atoms with van der Waals surface area (Å²) in [7, 11) is 0. The highest BCUT2D eigenvalue weighted by atomic mass is 79.9. The quantitative estimate of drug-likeness (QED) is 0.250. The van der Waals surface area contributed by atoms with Gasteiger partial charge in [-0.25, -0.2) is 9.69 Å². The third-order valence-electron chi connectivity index (χ3n) is 4.61. The first-order valence-corrected chi connectivity index (χ1v) is 11.7. The molecule has 1 heterocycles. The molecule has 0 radical (unpaired) electrons. The van der Waals surface area contributed by atoms with Crippen molar-refractivity contribution in [3.8, 4) is 5.75 Å². The van der Waals surface area contributed by atoms with E-state index < -0.39 is 11.9 Å². The number of nitrogens with zero attached hydrogens (tertiary/aromatic N) is 1. The minimum atomic E-state index is -0.540. The van der Waals surface area contributed by atoms with Gasteiger partial charge in [0.05, 0.1) is 14.6 Å². The Labute approximate surface area is 211 Å². The Morgan fingerprint density at radius 1 is 0.969 bits per heavy atom. The maximum atomic E-state index is 12.8. The summed E-state index contributed by atoms with van der Waals surface area (Å²) in [5.41, 5.74) is 2.09. The summed E-state index contributed by atoms with van der Waals surface area (Å²) in [6.45, 7) is 0.292. The van der Waals surface area contributed by atoms with E-state index in [2.05, 4.69) is 37.2 Å². The second kappa shape index (κ2) is 9.67. The van der Waals surface area contributed by atoms with Gasteiger partial charge >= 0.3 is 6.03 Å². The molecule has 0 unspecified atom stereocenters. The summed E-state index contributed by atoms with van der Waals surface area (Å²) in [6.07, 6.45) is 1.60. The maximum Gasteiger partial charge on any atom is 0.333 e. The van der Waals surface area contributed by atoms with Crippen LogP contribution >= 0.6 is 55.1 Å². The lowest BCUT2D eigenvalue weighted by atomic mass is 10.1. The maximum absolute atomic E-state index is 12.8. The van der Waals surface area contributed by atoms with Crippen LogP contribution in [0.15, 0.2) is 75.3 Å². The molecule has 32 heavy (non-hydrogen) atoms. The highest BCUT2D eigenvalue weighted by molar-refractivity contribution is 9.11. The van der Waals surface area contributed by atoms with Crippen LogP contribution in [0.25, 0.3) is 6.08 Å². The molecule has 0 atom stereocenters. The van der Waals surface area contributed by atoms with Crippen LogP contribution in [0, 0.1) is 0 Å². The zero-order valence-corrected chi connectivity index (χ0v) is 20.9. The van der Waals surface area contributed by atoms with Gasteiger partial charge in [0.15, 0.2) is 0 Å². The minimum absolute atomic E-state index is 0.151. The van der Waals surface area contributed by atoms with Crippen LogP contribution in [0.5, 0.6) is 5.75 Å². The molecule has 0 aliphatic carbocycles. The van der Waals surface area contributed by atoms with Crippen LogP contribution in [0.3, 0.4) is 0 Å². The molecular weight excluding hydrogens is 583 g/mol. The summed E-state index contributed by atoms with van der Waals surface area (Å²) >= 11 is 19.2. The number of rotatable bonds is 5. The summed E-state index contributed by atoms with van der Waals surface area (Å²) < 4.78 is 7.28. The first-order valence-electron chi connectivity index (χ1n) is 9.31. The molecule has 4 rings (SSSR count). The normalized spacial score (nSPS) is 14.8. The summed E-state index contributed by atoms with van der Waals surface area (Å²) in [5.74, 6) is 0.123. The Kier molecular flexibility index (Phi) is 6.90. The lowest BCUT2D eigenvalue weighted by Crippen LogP contribution is -2.30. The Morgan fingerprint density at radius 3 is 2.38 bits per heavy atom. The van der Waals surface area contributed by atoms with Crippen LogP contribution in [-0.2, 0) is 11.4 Å². The minimum Gasteiger partial charge on any atom is -0.486 e. The fraction of sp³-hybridized carbons (Fsp3) is 0.0435. The number of benzene rings is 3. The standard InChI is InChI=1S/C23H14Br2Cl2N2O3/c24-17-8-13(9-18(25)21(17)32-12-14-4-1-2-7-19(14)27)10-20-22(30)29(23(31)28-20)16-6-3-5-15(26)11-16/h1-11H,12H2,(H,28,31)/b20-10+. The van der Waals surface area contributed by atoms with Crippen molar-refractivity contribution >= 4 is 78.8 Å². The van der Waals surface area contributed by atoms with E-state index in [0.717, 1.165) is 10.5 Å². The molecule has 0 aromatic heterocycles. The molecule has 1 N–H and O–H groups in total. The van der Waals surface area contributed by atoms with Gasteiger partial charge in [0.2, 0.25) is 0 Å². The number of hydrogen-bond donors (Lipinski definition) is 1. The largest absolute Gasteiger partial charge is 0.486 e. The predicted molar refractivity (Wildman–Crippen MR) is 133 cm³/mol. The van der Waals surface area contributed by atoms with E-state index in [1.54, 1.807) is 48.5 Å². The van der Waals surface area contributed by atoms with E-state index in [4.69, 9.17) is 27.9 Å². The Balaban J connectivity index is 1.56. The van der Waals surface area contributed by atoms with E-state index in [0.29, 0.717) is 42.6 Å². The molecular formula is C23H14Br2Cl2N2O3. The molecule has 1 fully saturated rings. The van der Waals surface area contributed by atoms with E-state index in [1.807, 2.05) is 18.2 Å². The van der Waals surface area contributed by atoms with Crippen molar-refractivity contribution in [1.82, 2.24) is 5.32 Å². The first-order chi connectivity index (χ1) is 15.3. The second-order valence-electron chi connectivity index (χ2n) is 6.80. The lowest BCUT2D eigenvalue weighted by Gasteiger charge is -2.12. The van der Waals surface area contributed by atoms with Crippen LogP contribution < -0.4 is 15.0 Å². The summed E-state index contributed by atoms with van der Waals surface area (Å²) in [5, 5.41) is 3.66. The number of amides is 3. The van der Waals surface area contributed by atoms with E-state index >= 15 is 0 Å². The van der Waals surface area contributed by atoms with Crippen molar-refractivity contribution in [2.45, 2.75) is 6.61 Å². The second-order valence-corrected chi connectivity index (χ2v) is 9.35. The molecule has 0 spiro atoms. The van der Waals surface area contributed by atoms with E-state index in [1.165, 1.54) is 0 Å². The van der Waals surface area contributed by atoms with Crippen LogP contribution in [0.2, 0.25) is 10.0 Å². The number of ether oxygens (including phenoxy) is 1. The number of nitrogens with one attached hydrogen (secondary N) is 1. The van der Waals surface area contributed by atoms with Crippen molar-refractivity contribution in [3.05, 3.63) is 96.5 Å². The van der Waals surface area contributed by atoms with Crippen LogP contribution in [0.1, 0.15) is 11.1 Å². The molecule has 0 saturated carbocycles. The average molecular weight is 597 g/mol. The molecule has 1 aliphatic rings. The molecule has 1 aliphatic heterocycles. The predicted octanol–water partition coefficient (Wildman–Crippen LogP) is 7.19. The molecule has 5 nitrogen and oxygen atoms in total. The van der Waals surface area contributed by atoms with Crippen LogP contribution in [0.4, 0.5) is 10.5 Å². The number of carbonyl (C=O) groups is 2. The number of hydrogen-bond acceptors (Lipinski definition) is 3. The Morgan fingerprint density at radius 2 is 1.69 bits per heavy atom. The molecule has 1 saturated heterocycles. The summed E-state index contributed by atoms with van der Waals surface area (Å²) in [6, 6.07) is 17.0. The topological polar surface area (TPSA) is 58.6 Å². The molecule has 162 valence electrons. The van der Waals surface area contributed by atoms with Gasteiger partial charge in [0.25, 0.3) is 5.91 Å². The lowest BCUT2D eigenvalue weighted by molar-refractivity contribution is -0.113. The van der Waals surface area contributed by atoms with Gasteiger partial charge in [-0.15, -0.1) is 0 Å². The number of carbonyl (C=O) groups excluding carboxylic acids is 2. The van der Waals surface area contributed by atoms with Gasteiger partial charge in [-0.1, -0.05) is 47.5 Å². The van der Waals surface area contributed by atoms with Crippen LogP contribution in [-0.4, -0.2) is 11.9 Å². The molecule has 0 bridgehead atoms. The Bertz CT molecular complexity index is 1240. The van der Waals surface area contributed by atoms with Gasteiger partial charge in [-0.05, 0) is 79.9 Å². The number of imide groups is 1. The SMILES string of the molecule is O=C1N/C(=C/c2cc(Br)c(OCc3ccccc3Cl)c(Br)c2)C(=O)N1c1cccc(Cl)c1. The van der Waals surface area contributed by atoms with Crippen molar-refractivity contribution in [2.24, 2.45) is 0 Å². The molecule has 3 aromatic rings. The van der Waals surface area contributed by atoms with Gasteiger partial charge in [-0.3, -0.25) is 4.79 Å². The highest BCUT2D eigenvalue weighted by Gasteiger charge is 2.35. The first kappa shape index (κ1) is 22.9. The molecule has 3 amide bonds.